The van der Waals surface area contributed by atoms with Crippen LogP contribution in [0.5, 0.6) is 5.75 Å². The Bertz CT molecular complexity index is 1040. The van der Waals surface area contributed by atoms with Gasteiger partial charge in [-0.15, -0.1) is 0 Å². The van der Waals surface area contributed by atoms with Crippen LogP contribution in [0, 0.1) is 0 Å². The fraction of sp³-hybridized carbons (Fsp3) is 0.174. The third kappa shape index (κ3) is 6.49. The van der Waals surface area contributed by atoms with Gasteiger partial charge in [0, 0.05) is 12.0 Å². The first-order valence-electron chi connectivity index (χ1n) is 9.55. The summed E-state index contributed by atoms with van der Waals surface area (Å²) in [7, 11) is 0. The minimum absolute atomic E-state index is 0.0260. The number of benzene rings is 2. The van der Waals surface area contributed by atoms with Crippen LogP contribution in [0.2, 0.25) is 0 Å². The van der Waals surface area contributed by atoms with Crippen LogP contribution in [0.1, 0.15) is 26.5 Å². The van der Waals surface area contributed by atoms with Crippen molar-refractivity contribution in [2.24, 2.45) is 0 Å². The molecule has 166 valence electrons. The van der Waals surface area contributed by atoms with Crippen molar-refractivity contribution in [3.63, 3.8) is 0 Å². The van der Waals surface area contributed by atoms with E-state index in [2.05, 4.69) is 10.1 Å². The first-order valence-corrected chi connectivity index (χ1v) is 9.55. The minimum Gasteiger partial charge on any atom is -0.459 e. The Morgan fingerprint density at radius 2 is 1.66 bits per heavy atom. The standard InChI is InChI=1S/C23H19F2NO6/c24-23(25)32-17-10-8-16(9-11-17)19(27)14-31-22(29)18(13-15-5-2-1-3-6-15)26-21(28)20-7-4-12-30-20/h1-12,18,23H,13-14H2,(H,26,28). The summed E-state index contributed by atoms with van der Waals surface area (Å²) in [6.07, 6.45) is 1.47. The van der Waals surface area contributed by atoms with Crippen LogP contribution in [0.3, 0.4) is 0 Å². The summed E-state index contributed by atoms with van der Waals surface area (Å²) in [6.45, 7) is -3.56. The minimum atomic E-state index is -2.98. The molecule has 0 aliphatic carbocycles. The second kappa shape index (κ2) is 10.9. The van der Waals surface area contributed by atoms with Crippen molar-refractivity contribution in [3.8, 4) is 5.75 Å². The molecule has 3 aromatic rings. The molecule has 1 N–H and O–H groups in total. The molecule has 0 aliphatic heterocycles. The van der Waals surface area contributed by atoms with Crippen molar-refractivity contribution >= 4 is 17.7 Å². The van der Waals surface area contributed by atoms with Gasteiger partial charge in [-0.25, -0.2) is 4.79 Å². The Morgan fingerprint density at radius 3 is 2.28 bits per heavy atom. The number of furan rings is 1. The molecule has 0 aliphatic rings. The van der Waals surface area contributed by atoms with Crippen LogP contribution < -0.4 is 10.1 Å². The fourth-order valence-corrected chi connectivity index (χ4v) is 2.82. The van der Waals surface area contributed by atoms with Gasteiger partial charge < -0.3 is 19.2 Å². The summed E-state index contributed by atoms with van der Waals surface area (Å²) in [4.78, 5) is 37.3. The van der Waals surface area contributed by atoms with Crippen LogP contribution >= 0.6 is 0 Å². The highest BCUT2D eigenvalue weighted by molar-refractivity contribution is 5.99. The number of carbonyl (C=O) groups is 3. The van der Waals surface area contributed by atoms with Crippen molar-refractivity contribution < 1.29 is 37.1 Å². The zero-order valence-electron chi connectivity index (χ0n) is 16.7. The van der Waals surface area contributed by atoms with Crippen molar-refractivity contribution in [2.45, 2.75) is 19.1 Å². The molecule has 0 saturated heterocycles. The molecule has 0 fully saturated rings. The van der Waals surface area contributed by atoms with Crippen molar-refractivity contribution in [1.29, 1.82) is 0 Å². The lowest BCUT2D eigenvalue weighted by Crippen LogP contribution is -2.43. The van der Waals surface area contributed by atoms with Gasteiger partial charge in [-0.1, -0.05) is 30.3 Å². The summed E-state index contributed by atoms with van der Waals surface area (Å²) in [5.74, 6) is -2.03. The van der Waals surface area contributed by atoms with Gasteiger partial charge in [0.1, 0.15) is 11.8 Å². The van der Waals surface area contributed by atoms with Gasteiger partial charge in [-0.3, -0.25) is 9.59 Å². The molecular formula is C23H19F2NO6. The molecule has 1 amide bonds. The quantitative estimate of drug-likeness (QED) is 0.380. The predicted molar refractivity (Wildman–Crippen MR) is 108 cm³/mol. The summed E-state index contributed by atoms with van der Waals surface area (Å²) < 4.78 is 38.8. The average Bonchev–Trinajstić information content (AvgIpc) is 3.33. The molecule has 0 bridgehead atoms. The number of ketones is 1. The Kier molecular flexibility index (Phi) is 7.69. The second-order valence-corrected chi connectivity index (χ2v) is 6.63. The van der Waals surface area contributed by atoms with Gasteiger partial charge in [-0.2, -0.15) is 8.78 Å². The topological polar surface area (TPSA) is 94.8 Å². The van der Waals surface area contributed by atoms with E-state index in [0.29, 0.717) is 0 Å². The monoisotopic (exact) mass is 443 g/mol. The van der Waals surface area contributed by atoms with Gasteiger partial charge in [0.25, 0.3) is 5.91 Å². The third-order valence-corrected chi connectivity index (χ3v) is 4.36. The Hall–Kier alpha value is -4.01. The van der Waals surface area contributed by atoms with E-state index in [4.69, 9.17) is 9.15 Å². The molecule has 1 aromatic heterocycles. The number of alkyl halides is 2. The molecule has 3 rings (SSSR count). The van der Waals surface area contributed by atoms with E-state index in [-0.39, 0.29) is 23.5 Å². The third-order valence-electron chi connectivity index (χ3n) is 4.36. The maximum absolute atomic E-state index is 12.6. The number of ether oxygens (including phenoxy) is 2. The molecule has 2 aromatic carbocycles. The number of carbonyl (C=O) groups excluding carboxylic acids is 3. The lowest BCUT2D eigenvalue weighted by molar-refractivity contribution is -0.144. The van der Waals surface area contributed by atoms with Gasteiger partial charge in [-0.05, 0) is 42.0 Å². The number of nitrogens with one attached hydrogen (secondary N) is 1. The number of halogens is 2. The maximum Gasteiger partial charge on any atom is 0.387 e. The van der Waals surface area contributed by atoms with E-state index in [9.17, 15) is 23.2 Å². The number of hydrogen-bond donors (Lipinski definition) is 1. The maximum atomic E-state index is 12.6. The molecule has 1 heterocycles. The highest BCUT2D eigenvalue weighted by Crippen LogP contribution is 2.15. The molecule has 1 unspecified atom stereocenters. The van der Waals surface area contributed by atoms with E-state index in [1.807, 2.05) is 6.07 Å². The normalized spacial score (nSPS) is 11.6. The zero-order valence-corrected chi connectivity index (χ0v) is 16.7. The van der Waals surface area contributed by atoms with Crippen molar-refractivity contribution in [1.82, 2.24) is 5.32 Å². The lowest BCUT2D eigenvalue weighted by atomic mass is 10.1. The van der Waals surface area contributed by atoms with Crippen LogP contribution in [-0.4, -0.2) is 36.9 Å². The Labute approximate surface area is 181 Å². The Morgan fingerprint density at radius 1 is 0.938 bits per heavy atom. The van der Waals surface area contributed by atoms with Crippen molar-refractivity contribution in [2.75, 3.05) is 6.61 Å². The second-order valence-electron chi connectivity index (χ2n) is 6.63. The summed E-state index contributed by atoms with van der Waals surface area (Å²) in [6, 6.07) is 15.9. The number of amides is 1. The number of hydrogen-bond acceptors (Lipinski definition) is 6. The van der Waals surface area contributed by atoms with Crippen LogP contribution in [-0.2, 0) is 16.0 Å². The summed E-state index contributed by atoms with van der Waals surface area (Å²) in [5, 5.41) is 2.55. The smallest absolute Gasteiger partial charge is 0.387 e. The van der Waals surface area contributed by atoms with Crippen LogP contribution in [0.25, 0.3) is 0 Å². The largest absolute Gasteiger partial charge is 0.459 e. The SMILES string of the molecule is O=C(COC(=O)C(Cc1ccccc1)NC(=O)c1ccco1)c1ccc(OC(F)F)cc1. The molecule has 1 atom stereocenters. The van der Waals surface area contributed by atoms with Gasteiger partial charge in [0.2, 0.25) is 0 Å². The van der Waals surface area contributed by atoms with Gasteiger partial charge in [0.05, 0.1) is 6.26 Å². The van der Waals surface area contributed by atoms with E-state index in [1.54, 1.807) is 24.3 Å². The van der Waals surface area contributed by atoms with Crippen LogP contribution in [0.15, 0.2) is 77.4 Å². The van der Waals surface area contributed by atoms with E-state index >= 15 is 0 Å². The number of esters is 1. The first-order chi connectivity index (χ1) is 15.4. The number of rotatable bonds is 10. The Balaban J connectivity index is 1.63. The van der Waals surface area contributed by atoms with E-state index in [0.717, 1.165) is 5.56 Å². The first kappa shape index (κ1) is 22.7. The molecule has 0 spiro atoms. The molecule has 7 nitrogen and oxygen atoms in total. The summed E-state index contributed by atoms with van der Waals surface area (Å²) in [5.41, 5.74) is 0.925. The van der Waals surface area contributed by atoms with Gasteiger partial charge >= 0.3 is 12.6 Å². The summed E-state index contributed by atoms with van der Waals surface area (Å²) >= 11 is 0. The predicted octanol–water partition coefficient (Wildman–Crippen LogP) is 3.65. The average molecular weight is 443 g/mol. The van der Waals surface area contributed by atoms with E-state index < -0.39 is 36.9 Å². The zero-order chi connectivity index (χ0) is 22.9. The molecular weight excluding hydrogens is 424 g/mol. The molecule has 0 saturated carbocycles. The highest BCUT2D eigenvalue weighted by Gasteiger charge is 2.25. The number of Topliss-reactive ketones (excluding diaryl/α,β-unsaturated/α-hetero) is 1. The highest BCUT2D eigenvalue weighted by atomic mass is 19.3. The van der Waals surface area contributed by atoms with E-state index in [1.165, 1.54) is 42.7 Å². The van der Waals surface area contributed by atoms with Crippen molar-refractivity contribution in [3.05, 3.63) is 89.9 Å². The van der Waals surface area contributed by atoms with Crippen LogP contribution in [0.4, 0.5) is 8.78 Å². The lowest BCUT2D eigenvalue weighted by Gasteiger charge is -2.17. The molecule has 0 radical (unpaired) electrons. The fourth-order valence-electron chi connectivity index (χ4n) is 2.82. The van der Waals surface area contributed by atoms with Gasteiger partial charge in [0.15, 0.2) is 18.2 Å². The molecule has 9 heteroatoms. The molecule has 32 heavy (non-hydrogen) atoms.